The lowest BCUT2D eigenvalue weighted by molar-refractivity contribution is -0.117. The Hall–Kier alpha value is -3.65. The normalized spacial score (nSPS) is 13.8. The number of amides is 2. The molecule has 4 rings (SSSR count). The number of carbonyl (C=O) groups excluding carboxylic acids is 2. The Morgan fingerprint density at radius 1 is 0.903 bits per heavy atom. The molecule has 0 unspecified atom stereocenters. The molecule has 0 spiro atoms. The summed E-state index contributed by atoms with van der Waals surface area (Å²) in [6, 6.07) is 21.4. The molecule has 1 aliphatic rings. The van der Waals surface area contributed by atoms with Crippen LogP contribution in [0.2, 0.25) is 0 Å². The SMILES string of the molecule is O=C(Nc1ccccc1N1CCCC1=O)c1cccc(NS(=O)(=O)c2ccccc2)c1. The highest BCUT2D eigenvalue weighted by atomic mass is 32.2. The highest BCUT2D eigenvalue weighted by Crippen LogP contribution is 2.30. The average molecular weight is 436 g/mol. The van der Waals surface area contributed by atoms with Crippen molar-refractivity contribution >= 4 is 38.9 Å². The van der Waals surface area contributed by atoms with Gasteiger partial charge in [-0.1, -0.05) is 36.4 Å². The molecule has 2 amide bonds. The van der Waals surface area contributed by atoms with Crippen molar-refractivity contribution < 1.29 is 18.0 Å². The van der Waals surface area contributed by atoms with Gasteiger partial charge in [0.2, 0.25) is 5.91 Å². The zero-order valence-corrected chi connectivity index (χ0v) is 17.4. The topological polar surface area (TPSA) is 95.6 Å². The van der Waals surface area contributed by atoms with Gasteiger partial charge in [-0.05, 0) is 48.9 Å². The van der Waals surface area contributed by atoms with E-state index in [2.05, 4.69) is 10.0 Å². The van der Waals surface area contributed by atoms with E-state index in [1.165, 1.54) is 18.2 Å². The van der Waals surface area contributed by atoms with Gasteiger partial charge < -0.3 is 10.2 Å². The molecule has 0 radical (unpaired) electrons. The minimum atomic E-state index is -3.76. The predicted octanol–water partition coefficient (Wildman–Crippen LogP) is 3.87. The lowest BCUT2D eigenvalue weighted by Crippen LogP contribution is -2.25. The summed E-state index contributed by atoms with van der Waals surface area (Å²) in [6.45, 7) is 0.614. The second-order valence-corrected chi connectivity index (χ2v) is 8.80. The molecule has 0 bridgehead atoms. The second kappa shape index (κ2) is 8.61. The minimum absolute atomic E-state index is 0.0269. The first-order valence-electron chi connectivity index (χ1n) is 9.83. The molecule has 0 aliphatic carbocycles. The standard InChI is InChI=1S/C23H21N3O4S/c27-22-14-7-15-26(22)21-13-5-4-12-20(21)24-23(28)17-8-6-9-18(16-17)25-31(29,30)19-10-2-1-3-11-19/h1-6,8-13,16,25H,7,14-15H2,(H,24,28). The Morgan fingerprint density at radius 3 is 2.39 bits per heavy atom. The Bertz CT molecular complexity index is 1230. The summed E-state index contributed by atoms with van der Waals surface area (Å²) >= 11 is 0. The highest BCUT2D eigenvalue weighted by molar-refractivity contribution is 7.92. The largest absolute Gasteiger partial charge is 0.320 e. The van der Waals surface area contributed by atoms with Crippen molar-refractivity contribution in [3.05, 3.63) is 84.4 Å². The van der Waals surface area contributed by atoms with Crippen LogP contribution in [0.15, 0.2) is 83.8 Å². The highest BCUT2D eigenvalue weighted by Gasteiger charge is 2.24. The number of nitrogens with zero attached hydrogens (tertiary/aromatic N) is 1. The summed E-state index contributed by atoms with van der Waals surface area (Å²) < 4.78 is 27.6. The van der Waals surface area contributed by atoms with E-state index < -0.39 is 15.9 Å². The van der Waals surface area contributed by atoms with Gasteiger partial charge in [0.1, 0.15) is 0 Å². The number of hydrogen-bond donors (Lipinski definition) is 2. The number of hydrogen-bond acceptors (Lipinski definition) is 4. The molecule has 0 saturated carbocycles. The van der Waals surface area contributed by atoms with Gasteiger partial charge in [0.25, 0.3) is 15.9 Å². The third kappa shape index (κ3) is 4.59. The molecular weight excluding hydrogens is 414 g/mol. The summed E-state index contributed by atoms with van der Waals surface area (Å²) in [7, 11) is -3.76. The van der Waals surface area contributed by atoms with E-state index in [0.29, 0.717) is 24.3 Å². The summed E-state index contributed by atoms with van der Waals surface area (Å²) in [6.07, 6.45) is 1.27. The number of rotatable bonds is 6. The van der Waals surface area contributed by atoms with Gasteiger partial charge in [-0.15, -0.1) is 0 Å². The summed E-state index contributed by atoms with van der Waals surface area (Å²) in [5, 5.41) is 2.84. The molecule has 3 aromatic rings. The first-order chi connectivity index (χ1) is 14.9. The molecule has 31 heavy (non-hydrogen) atoms. The molecule has 3 aromatic carbocycles. The molecule has 1 aliphatic heterocycles. The van der Waals surface area contributed by atoms with Crippen LogP contribution in [0.3, 0.4) is 0 Å². The first-order valence-corrected chi connectivity index (χ1v) is 11.3. The quantitative estimate of drug-likeness (QED) is 0.614. The Labute approximate surface area is 180 Å². The van der Waals surface area contributed by atoms with Gasteiger partial charge in [0.05, 0.1) is 16.3 Å². The summed E-state index contributed by atoms with van der Waals surface area (Å²) in [5.74, 6) is -0.376. The molecule has 7 nitrogen and oxygen atoms in total. The fraction of sp³-hybridized carbons (Fsp3) is 0.130. The lowest BCUT2D eigenvalue weighted by atomic mass is 10.1. The van der Waals surface area contributed by atoms with E-state index in [9.17, 15) is 18.0 Å². The third-order valence-corrected chi connectivity index (χ3v) is 6.34. The van der Waals surface area contributed by atoms with E-state index in [4.69, 9.17) is 0 Å². The zero-order chi connectivity index (χ0) is 21.8. The molecule has 0 aromatic heterocycles. The maximum atomic E-state index is 12.9. The number of sulfonamides is 1. The maximum absolute atomic E-state index is 12.9. The molecule has 2 N–H and O–H groups in total. The molecule has 8 heteroatoms. The Morgan fingerprint density at radius 2 is 1.65 bits per heavy atom. The summed E-state index contributed by atoms with van der Waals surface area (Å²) in [5.41, 5.74) is 1.74. The van der Waals surface area contributed by atoms with Crippen molar-refractivity contribution in [1.82, 2.24) is 0 Å². The fourth-order valence-electron chi connectivity index (χ4n) is 3.45. The smallest absolute Gasteiger partial charge is 0.261 e. The van der Waals surface area contributed by atoms with Crippen molar-refractivity contribution in [3.63, 3.8) is 0 Å². The minimum Gasteiger partial charge on any atom is -0.320 e. The van der Waals surface area contributed by atoms with Crippen LogP contribution in [0.4, 0.5) is 17.1 Å². The van der Waals surface area contributed by atoms with Crippen LogP contribution >= 0.6 is 0 Å². The predicted molar refractivity (Wildman–Crippen MR) is 120 cm³/mol. The molecule has 1 heterocycles. The van der Waals surface area contributed by atoms with E-state index >= 15 is 0 Å². The monoisotopic (exact) mass is 435 g/mol. The second-order valence-electron chi connectivity index (χ2n) is 7.12. The number of anilines is 3. The van der Waals surface area contributed by atoms with Crippen LogP contribution in [-0.2, 0) is 14.8 Å². The zero-order valence-electron chi connectivity index (χ0n) is 16.6. The number of benzene rings is 3. The first kappa shape index (κ1) is 20.6. The molecule has 0 atom stereocenters. The van der Waals surface area contributed by atoms with Gasteiger partial charge >= 0.3 is 0 Å². The van der Waals surface area contributed by atoms with Crippen molar-refractivity contribution in [2.75, 3.05) is 21.5 Å². The Kier molecular flexibility index (Phi) is 5.73. The van der Waals surface area contributed by atoms with Gasteiger partial charge in [-0.25, -0.2) is 8.42 Å². The van der Waals surface area contributed by atoms with Gasteiger partial charge in [0, 0.05) is 24.2 Å². The third-order valence-electron chi connectivity index (χ3n) is 4.95. The molecule has 158 valence electrons. The van der Waals surface area contributed by atoms with Crippen LogP contribution in [0.5, 0.6) is 0 Å². The molecule has 1 fully saturated rings. The summed E-state index contributed by atoms with van der Waals surface area (Å²) in [4.78, 5) is 26.8. The van der Waals surface area contributed by atoms with Crippen LogP contribution < -0.4 is 14.9 Å². The number of nitrogens with one attached hydrogen (secondary N) is 2. The number of para-hydroxylation sites is 2. The van der Waals surface area contributed by atoms with Crippen LogP contribution in [0.1, 0.15) is 23.2 Å². The van der Waals surface area contributed by atoms with E-state index in [1.54, 1.807) is 59.5 Å². The van der Waals surface area contributed by atoms with Crippen LogP contribution in [0, 0.1) is 0 Å². The van der Waals surface area contributed by atoms with Gasteiger partial charge in [0.15, 0.2) is 0 Å². The van der Waals surface area contributed by atoms with E-state index in [-0.39, 0.29) is 22.1 Å². The van der Waals surface area contributed by atoms with Crippen molar-refractivity contribution in [2.45, 2.75) is 17.7 Å². The van der Waals surface area contributed by atoms with Crippen LogP contribution in [0.25, 0.3) is 0 Å². The van der Waals surface area contributed by atoms with Gasteiger partial charge in [-0.3, -0.25) is 14.3 Å². The van der Waals surface area contributed by atoms with Gasteiger partial charge in [-0.2, -0.15) is 0 Å². The van der Waals surface area contributed by atoms with E-state index in [0.717, 1.165) is 6.42 Å². The Balaban J connectivity index is 1.54. The van der Waals surface area contributed by atoms with Crippen molar-refractivity contribution in [1.29, 1.82) is 0 Å². The van der Waals surface area contributed by atoms with Crippen molar-refractivity contribution in [2.24, 2.45) is 0 Å². The maximum Gasteiger partial charge on any atom is 0.261 e. The lowest BCUT2D eigenvalue weighted by Gasteiger charge is -2.20. The fourth-order valence-corrected chi connectivity index (χ4v) is 4.52. The van der Waals surface area contributed by atoms with Crippen LogP contribution in [-0.4, -0.2) is 26.8 Å². The number of carbonyl (C=O) groups is 2. The molecular formula is C23H21N3O4S. The molecule has 1 saturated heterocycles. The van der Waals surface area contributed by atoms with Crippen molar-refractivity contribution in [3.8, 4) is 0 Å². The van der Waals surface area contributed by atoms with E-state index in [1.807, 2.05) is 6.07 Å². The average Bonchev–Trinajstić information content (AvgIpc) is 3.20.